The maximum Gasteiger partial charge on any atom is 0.278 e. The van der Waals surface area contributed by atoms with Crippen LogP contribution in [-0.2, 0) is 9.59 Å². The molecule has 2 aromatic carbocycles. The second kappa shape index (κ2) is 6.76. The third kappa shape index (κ3) is 3.25. The first-order valence-corrected chi connectivity index (χ1v) is 8.08. The van der Waals surface area contributed by atoms with Gasteiger partial charge in [0.25, 0.3) is 17.4 Å². The molecule has 0 saturated carbocycles. The number of carbonyl (C=O) groups excluding carboxylic acids is 2. The zero-order chi connectivity index (χ0) is 18.9. The van der Waals surface area contributed by atoms with Crippen LogP contribution in [0.1, 0.15) is 6.92 Å². The molecular formula is C18H17ClN2O5. The van der Waals surface area contributed by atoms with Crippen LogP contribution in [0.4, 0.5) is 11.4 Å². The average molecular weight is 377 g/mol. The molecule has 8 heteroatoms. The largest absolute Gasteiger partial charge is 0.497 e. The zero-order valence-corrected chi connectivity index (χ0v) is 15.1. The summed E-state index contributed by atoms with van der Waals surface area (Å²) in [6.07, 6.45) is 0. The molecule has 136 valence electrons. The van der Waals surface area contributed by atoms with Crippen molar-refractivity contribution < 1.29 is 23.8 Å². The molecule has 0 aromatic heterocycles. The number of nitrogens with one attached hydrogen (secondary N) is 2. The predicted octanol–water partition coefficient (Wildman–Crippen LogP) is 3.09. The van der Waals surface area contributed by atoms with Crippen LogP contribution in [0.3, 0.4) is 0 Å². The lowest BCUT2D eigenvalue weighted by Gasteiger charge is -2.33. The Morgan fingerprint density at radius 2 is 1.81 bits per heavy atom. The fraction of sp³-hybridized carbons (Fsp3) is 0.222. The van der Waals surface area contributed by atoms with Crippen LogP contribution in [0.15, 0.2) is 36.4 Å². The molecule has 7 nitrogen and oxygen atoms in total. The fourth-order valence-corrected chi connectivity index (χ4v) is 2.65. The van der Waals surface area contributed by atoms with Gasteiger partial charge in [0.15, 0.2) is 0 Å². The van der Waals surface area contributed by atoms with E-state index in [2.05, 4.69) is 10.6 Å². The van der Waals surface area contributed by atoms with Gasteiger partial charge in [-0.15, -0.1) is 0 Å². The number of fused-ring (bicyclic) bond motifs is 1. The number of benzene rings is 2. The molecule has 1 heterocycles. The van der Waals surface area contributed by atoms with Gasteiger partial charge in [-0.3, -0.25) is 9.59 Å². The van der Waals surface area contributed by atoms with Gasteiger partial charge in [-0.05, 0) is 25.1 Å². The molecule has 0 radical (unpaired) electrons. The molecule has 2 amide bonds. The van der Waals surface area contributed by atoms with Crippen molar-refractivity contribution in [3.63, 3.8) is 0 Å². The van der Waals surface area contributed by atoms with E-state index in [9.17, 15) is 9.59 Å². The van der Waals surface area contributed by atoms with Crippen LogP contribution in [0, 0.1) is 0 Å². The van der Waals surface area contributed by atoms with Crippen molar-refractivity contribution in [2.75, 3.05) is 24.9 Å². The van der Waals surface area contributed by atoms with Crippen molar-refractivity contribution in [2.45, 2.75) is 12.5 Å². The monoisotopic (exact) mass is 376 g/mol. The third-order valence-electron chi connectivity index (χ3n) is 3.98. The van der Waals surface area contributed by atoms with E-state index in [1.54, 1.807) is 36.4 Å². The molecule has 0 aliphatic carbocycles. The Labute approximate surface area is 155 Å². The number of methoxy groups -OCH3 is 2. The van der Waals surface area contributed by atoms with E-state index in [0.29, 0.717) is 33.6 Å². The molecule has 1 unspecified atom stereocenters. The van der Waals surface area contributed by atoms with Crippen molar-refractivity contribution in [2.24, 2.45) is 0 Å². The van der Waals surface area contributed by atoms with Crippen molar-refractivity contribution >= 4 is 34.8 Å². The van der Waals surface area contributed by atoms with E-state index in [1.165, 1.54) is 21.1 Å². The highest BCUT2D eigenvalue weighted by atomic mass is 35.5. The average Bonchev–Trinajstić information content (AvgIpc) is 2.62. The molecule has 26 heavy (non-hydrogen) atoms. The maximum atomic E-state index is 12.8. The summed E-state index contributed by atoms with van der Waals surface area (Å²) in [6, 6.07) is 9.65. The lowest BCUT2D eigenvalue weighted by Crippen LogP contribution is -2.56. The zero-order valence-electron chi connectivity index (χ0n) is 14.4. The molecule has 0 bridgehead atoms. The van der Waals surface area contributed by atoms with Crippen LogP contribution in [0.5, 0.6) is 17.2 Å². The van der Waals surface area contributed by atoms with E-state index < -0.39 is 17.4 Å². The Morgan fingerprint density at radius 3 is 2.42 bits per heavy atom. The van der Waals surface area contributed by atoms with Crippen LogP contribution >= 0.6 is 11.6 Å². The summed E-state index contributed by atoms with van der Waals surface area (Å²) >= 11 is 5.91. The van der Waals surface area contributed by atoms with E-state index in [-0.39, 0.29) is 0 Å². The first kappa shape index (κ1) is 17.9. The molecule has 1 aliphatic heterocycles. The summed E-state index contributed by atoms with van der Waals surface area (Å²) in [6.45, 7) is 1.40. The van der Waals surface area contributed by atoms with Gasteiger partial charge in [0.2, 0.25) is 0 Å². The van der Waals surface area contributed by atoms with E-state index >= 15 is 0 Å². The minimum atomic E-state index is -1.75. The summed E-state index contributed by atoms with van der Waals surface area (Å²) in [5.74, 6) is 0.123. The Balaban J connectivity index is 1.87. The van der Waals surface area contributed by atoms with Crippen LogP contribution < -0.4 is 24.8 Å². The van der Waals surface area contributed by atoms with Crippen molar-refractivity contribution in [1.82, 2.24) is 0 Å². The number of hydrogen-bond donors (Lipinski definition) is 2. The highest BCUT2D eigenvalue weighted by Crippen LogP contribution is 2.36. The Kier molecular flexibility index (Phi) is 4.65. The number of halogens is 1. The Bertz CT molecular complexity index is 864. The molecule has 0 saturated heterocycles. The normalized spacial score (nSPS) is 18.2. The fourth-order valence-electron chi connectivity index (χ4n) is 2.48. The minimum Gasteiger partial charge on any atom is -0.497 e. The van der Waals surface area contributed by atoms with E-state index in [4.69, 9.17) is 25.8 Å². The SMILES string of the molecule is COc1cc(NC(=O)C2(C)Oc3ccc(Cl)cc3NC2=O)cc(OC)c1. The van der Waals surface area contributed by atoms with Crippen molar-refractivity contribution in [3.8, 4) is 17.2 Å². The number of carbonyl (C=O) groups is 2. The number of amides is 2. The van der Waals surface area contributed by atoms with E-state index in [1.807, 2.05) is 0 Å². The third-order valence-corrected chi connectivity index (χ3v) is 4.21. The summed E-state index contributed by atoms with van der Waals surface area (Å²) in [5.41, 5.74) is -0.932. The van der Waals surface area contributed by atoms with Gasteiger partial charge in [0, 0.05) is 28.9 Å². The Morgan fingerprint density at radius 1 is 1.15 bits per heavy atom. The van der Waals surface area contributed by atoms with E-state index in [0.717, 1.165) is 0 Å². The Hall–Kier alpha value is -2.93. The lowest BCUT2D eigenvalue weighted by molar-refractivity contribution is -0.143. The summed E-state index contributed by atoms with van der Waals surface area (Å²) in [7, 11) is 3.00. The molecule has 1 aliphatic rings. The highest BCUT2D eigenvalue weighted by molar-refractivity contribution is 6.31. The van der Waals surface area contributed by atoms with Gasteiger partial charge >= 0.3 is 0 Å². The summed E-state index contributed by atoms with van der Waals surface area (Å²) < 4.78 is 16.0. The van der Waals surface area contributed by atoms with Crippen molar-refractivity contribution in [3.05, 3.63) is 41.4 Å². The van der Waals surface area contributed by atoms with Crippen molar-refractivity contribution in [1.29, 1.82) is 0 Å². The molecule has 2 N–H and O–H groups in total. The van der Waals surface area contributed by atoms with Gasteiger partial charge < -0.3 is 24.8 Å². The number of hydrogen-bond acceptors (Lipinski definition) is 5. The number of ether oxygens (including phenoxy) is 3. The number of anilines is 2. The first-order chi connectivity index (χ1) is 12.4. The van der Waals surface area contributed by atoms with Gasteiger partial charge in [0.05, 0.1) is 19.9 Å². The second-order valence-corrected chi connectivity index (χ2v) is 6.22. The van der Waals surface area contributed by atoms with Crippen LogP contribution in [0.2, 0.25) is 5.02 Å². The van der Waals surface area contributed by atoms with Gasteiger partial charge in [-0.1, -0.05) is 11.6 Å². The van der Waals surface area contributed by atoms with Gasteiger partial charge in [-0.2, -0.15) is 0 Å². The minimum absolute atomic E-state index is 0.356. The second-order valence-electron chi connectivity index (χ2n) is 5.79. The number of rotatable bonds is 4. The maximum absolute atomic E-state index is 12.8. The van der Waals surface area contributed by atoms with Crippen LogP contribution in [-0.4, -0.2) is 31.6 Å². The quantitative estimate of drug-likeness (QED) is 0.801. The van der Waals surface area contributed by atoms with Crippen LogP contribution in [0.25, 0.3) is 0 Å². The molecule has 0 spiro atoms. The predicted molar refractivity (Wildman–Crippen MR) is 97.3 cm³/mol. The summed E-state index contributed by atoms with van der Waals surface area (Å²) in [4.78, 5) is 25.2. The van der Waals surface area contributed by atoms with Gasteiger partial charge in [-0.25, -0.2) is 0 Å². The topological polar surface area (TPSA) is 85.9 Å². The summed E-state index contributed by atoms with van der Waals surface area (Å²) in [5, 5.41) is 5.76. The molecule has 3 rings (SSSR count). The first-order valence-electron chi connectivity index (χ1n) is 7.70. The molecular weight excluding hydrogens is 360 g/mol. The molecule has 2 aromatic rings. The lowest BCUT2D eigenvalue weighted by atomic mass is 10.0. The molecule has 0 fully saturated rings. The standard InChI is InChI=1S/C18H17ClN2O5/c1-18(17(23)21-14-6-10(19)4-5-15(14)26-18)16(22)20-11-7-12(24-2)9-13(8-11)25-3/h4-9H,1-3H3,(H,20,22)(H,21,23). The molecule has 1 atom stereocenters. The smallest absolute Gasteiger partial charge is 0.278 e. The van der Waals surface area contributed by atoms with Gasteiger partial charge in [0.1, 0.15) is 17.2 Å². The highest BCUT2D eigenvalue weighted by Gasteiger charge is 2.47.